The van der Waals surface area contributed by atoms with Crippen LogP contribution in [0.1, 0.15) is 19.8 Å². The molecule has 0 spiro atoms. The summed E-state index contributed by atoms with van der Waals surface area (Å²) in [4.78, 5) is 0. The van der Waals surface area contributed by atoms with E-state index in [1.807, 2.05) is 6.92 Å². The summed E-state index contributed by atoms with van der Waals surface area (Å²) < 4.78 is 5.22. The second-order valence-electron chi connectivity index (χ2n) is 3.91. The summed E-state index contributed by atoms with van der Waals surface area (Å²) in [7, 11) is 0. The van der Waals surface area contributed by atoms with Crippen LogP contribution in [0.5, 0.6) is 0 Å². The van der Waals surface area contributed by atoms with Gasteiger partial charge in [-0.1, -0.05) is 0 Å². The molecule has 1 aliphatic rings. The van der Waals surface area contributed by atoms with E-state index in [-0.39, 0.29) is 13.2 Å². The monoisotopic (exact) mass is 189 g/mol. The molecule has 1 rings (SSSR count). The average Bonchev–Trinajstić information content (AvgIpc) is 2.19. The van der Waals surface area contributed by atoms with Gasteiger partial charge in [0.1, 0.15) is 0 Å². The van der Waals surface area contributed by atoms with Gasteiger partial charge in [-0.15, -0.1) is 0 Å². The lowest BCUT2D eigenvalue weighted by Gasteiger charge is -2.33. The maximum absolute atomic E-state index is 9.06. The van der Waals surface area contributed by atoms with Crippen molar-refractivity contribution in [3.63, 3.8) is 0 Å². The van der Waals surface area contributed by atoms with Crippen LogP contribution < -0.4 is 5.32 Å². The van der Waals surface area contributed by atoms with Gasteiger partial charge in [0.25, 0.3) is 0 Å². The van der Waals surface area contributed by atoms with Crippen LogP contribution in [0.4, 0.5) is 0 Å². The summed E-state index contributed by atoms with van der Waals surface area (Å²) in [6.45, 7) is 3.28. The third kappa shape index (κ3) is 3.23. The van der Waals surface area contributed by atoms with Crippen LogP contribution >= 0.6 is 0 Å². The van der Waals surface area contributed by atoms with E-state index in [0.717, 1.165) is 26.1 Å². The Balaban J connectivity index is 2.35. The highest BCUT2D eigenvalue weighted by Crippen LogP contribution is 2.11. The molecule has 1 fully saturated rings. The lowest BCUT2D eigenvalue weighted by Crippen LogP contribution is -2.54. The second-order valence-corrected chi connectivity index (χ2v) is 3.91. The number of nitrogens with one attached hydrogen (secondary N) is 1. The zero-order chi connectivity index (χ0) is 9.73. The van der Waals surface area contributed by atoms with E-state index in [1.165, 1.54) is 0 Å². The highest BCUT2D eigenvalue weighted by molar-refractivity contribution is 4.86. The molecule has 0 bridgehead atoms. The number of ether oxygens (including phenoxy) is 1. The van der Waals surface area contributed by atoms with Crippen LogP contribution in [0.15, 0.2) is 0 Å². The van der Waals surface area contributed by atoms with Gasteiger partial charge in [0.15, 0.2) is 0 Å². The Morgan fingerprint density at radius 2 is 1.85 bits per heavy atom. The van der Waals surface area contributed by atoms with Crippen molar-refractivity contribution in [1.82, 2.24) is 5.32 Å². The average molecular weight is 189 g/mol. The highest BCUT2D eigenvalue weighted by Gasteiger charge is 2.26. The van der Waals surface area contributed by atoms with Crippen LogP contribution in [-0.2, 0) is 4.74 Å². The van der Waals surface area contributed by atoms with Crippen molar-refractivity contribution in [1.29, 1.82) is 0 Å². The van der Waals surface area contributed by atoms with E-state index < -0.39 is 5.54 Å². The Hall–Kier alpha value is -0.160. The number of aliphatic hydroxyl groups excluding tert-OH is 2. The predicted molar refractivity (Wildman–Crippen MR) is 49.6 cm³/mol. The van der Waals surface area contributed by atoms with E-state index in [2.05, 4.69) is 5.32 Å². The van der Waals surface area contributed by atoms with Gasteiger partial charge in [0.05, 0.1) is 18.8 Å². The van der Waals surface area contributed by atoms with Gasteiger partial charge in [0, 0.05) is 19.3 Å². The fourth-order valence-electron chi connectivity index (χ4n) is 1.48. The van der Waals surface area contributed by atoms with Gasteiger partial charge in [-0.25, -0.2) is 0 Å². The van der Waals surface area contributed by atoms with Crippen LogP contribution in [0.25, 0.3) is 0 Å². The van der Waals surface area contributed by atoms with Crippen molar-refractivity contribution in [2.24, 2.45) is 0 Å². The van der Waals surface area contributed by atoms with Crippen LogP contribution in [0.3, 0.4) is 0 Å². The van der Waals surface area contributed by atoms with Crippen molar-refractivity contribution in [2.45, 2.75) is 31.3 Å². The normalized spacial score (nSPS) is 20.5. The predicted octanol–water partition coefficient (Wildman–Crippen LogP) is -0.502. The smallest absolute Gasteiger partial charge is 0.0633 e. The molecule has 1 saturated heterocycles. The van der Waals surface area contributed by atoms with E-state index >= 15 is 0 Å². The lowest BCUT2D eigenvalue weighted by atomic mass is 10.0. The molecule has 1 heterocycles. The summed E-state index contributed by atoms with van der Waals surface area (Å²) in [5, 5.41) is 21.4. The van der Waals surface area contributed by atoms with Gasteiger partial charge >= 0.3 is 0 Å². The minimum Gasteiger partial charge on any atom is -0.394 e. The first-order valence-electron chi connectivity index (χ1n) is 4.77. The van der Waals surface area contributed by atoms with Gasteiger partial charge in [-0.05, 0) is 19.8 Å². The first-order valence-corrected chi connectivity index (χ1v) is 4.77. The molecule has 0 aliphatic carbocycles. The highest BCUT2D eigenvalue weighted by atomic mass is 16.5. The minimum atomic E-state index is -0.554. The standard InChI is InChI=1S/C9H19NO3/c1-9(6-11,7-12)10-8-2-4-13-5-3-8/h8,10-12H,2-7H2,1H3. The van der Waals surface area contributed by atoms with Gasteiger partial charge in [0.2, 0.25) is 0 Å². The summed E-state index contributed by atoms with van der Waals surface area (Å²) >= 11 is 0. The Kier molecular flexibility index (Phi) is 4.12. The topological polar surface area (TPSA) is 61.7 Å². The quantitative estimate of drug-likeness (QED) is 0.558. The molecule has 4 nitrogen and oxygen atoms in total. The third-order valence-corrected chi connectivity index (χ3v) is 2.47. The van der Waals surface area contributed by atoms with E-state index in [1.54, 1.807) is 0 Å². The Morgan fingerprint density at radius 3 is 2.31 bits per heavy atom. The molecule has 0 aromatic carbocycles. The summed E-state index contributed by atoms with van der Waals surface area (Å²) in [6.07, 6.45) is 1.91. The molecule has 1 aliphatic heterocycles. The first kappa shape index (κ1) is 10.9. The number of hydrogen-bond donors (Lipinski definition) is 3. The number of rotatable bonds is 4. The fourth-order valence-corrected chi connectivity index (χ4v) is 1.48. The zero-order valence-corrected chi connectivity index (χ0v) is 8.12. The van der Waals surface area contributed by atoms with Gasteiger partial charge < -0.3 is 20.3 Å². The maximum Gasteiger partial charge on any atom is 0.0633 e. The van der Waals surface area contributed by atoms with Crippen molar-refractivity contribution in [3.05, 3.63) is 0 Å². The molecule has 13 heavy (non-hydrogen) atoms. The molecule has 0 aromatic heterocycles. The molecule has 3 N–H and O–H groups in total. The second kappa shape index (κ2) is 4.91. The molecule has 0 saturated carbocycles. The third-order valence-electron chi connectivity index (χ3n) is 2.47. The molecule has 0 atom stereocenters. The molecule has 78 valence electrons. The Morgan fingerprint density at radius 1 is 1.31 bits per heavy atom. The number of aliphatic hydroxyl groups is 2. The molecule has 0 aromatic rings. The van der Waals surface area contributed by atoms with Crippen LogP contribution in [0, 0.1) is 0 Å². The molecule has 4 heteroatoms. The minimum absolute atomic E-state index is 0.0408. The largest absolute Gasteiger partial charge is 0.394 e. The molecular weight excluding hydrogens is 170 g/mol. The first-order chi connectivity index (χ1) is 6.20. The zero-order valence-electron chi connectivity index (χ0n) is 8.12. The molecule has 0 amide bonds. The van der Waals surface area contributed by atoms with Crippen LogP contribution in [-0.4, -0.2) is 48.2 Å². The SMILES string of the molecule is CC(CO)(CO)NC1CCOCC1. The van der Waals surface area contributed by atoms with Gasteiger partial charge in [-0.3, -0.25) is 0 Å². The Bertz CT molecular complexity index is 142. The summed E-state index contributed by atoms with van der Waals surface area (Å²) in [5.74, 6) is 0. The van der Waals surface area contributed by atoms with E-state index in [9.17, 15) is 0 Å². The maximum atomic E-state index is 9.06. The lowest BCUT2D eigenvalue weighted by molar-refractivity contribution is 0.0447. The van der Waals surface area contributed by atoms with Crippen molar-refractivity contribution < 1.29 is 14.9 Å². The molecule has 0 unspecified atom stereocenters. The van der Waals surface area contributed by atoms with Crippen molar-refractivity contribution in [2.75, 3.05) is 26.4 Å². The molecule has 0 radical (unpaired) electrons. The van der Waals surface area contributed by atoms with E-state index in [0.29, 0.717) is 6.04 Å². The van der Waals surface area contributed by atoms with Crippen molar-refractivity contribution in [3.8, 4) is 0 Å². The van der Waals surface area contributed by atoms with Gasteiger partial charge in [-0.2, -0.15) is 0 Å². The summed E-state index contributed by atoms with van der Waals surface area (Å²) in [5.41, 5.74) is -0.554. The number of hydrogen-bond acceptors (Lipinski definition) is 4. The fraction of sp³-hybridized carbons (Fsp3) is 1.00. The summed E-state index contributed by atoms with van der Waals surface area (Å²) in [6, 6.07) is 0.359. The molecular formula is C9H19NO3. The van der Waals surface area contributed by atoms with E-state index in [4.69, 9.17) is 14.9 Å². The van der Waals surface area contributed by atoms with Crippen molar-refractivity contribution >= 4 is 0 Å². The Labute approximate surface area is 78.9 Å². The van der Waals surface area contributed by atoms with Crippen LogP contribution in [0.2, 0.25) is 0 Å².